The number of aryl methyl sites for hydroxylation is 2. The monoisotopic (exact) mass is 324 g/mol. The van der Waals surface area contributed by atoms with Gasteiger partial charge >= 0.3 is 0 Å². The number of ether oxygens (including phenoxy) is 2. The quantitative estimate of drug-likeness (QED) is 0.464. The first-order valence-electron chi connectivity index (χ1n) is 8.09. The molecule has 0 bridgehead atoms. The van der Waals surface area contributed by atoms with Crippen molar-refractivity contribution in [3.8, 4) is 0 Å². The Labute approximate surface area is 138 Å². The minimum atomic E-state index is 0.539. The van der Waals surface area contributed by atoms with E-state index in [1.165, 1.54) is 0 Å². The van der Waals surface area contributed by atoms with Crippen molar-refractivity contribution in [3.63, 3.8) is 0 Å². The van der Waals surface area contributed by atoms with Crippen molar-refractivity contribution in [2.75, 3.05) is 47.1 Å². The Morgan fingerprint density at radius 3 is 2.91 bits per heavy atom. The highest BCUT2D eigenvalue weighted by Crippen LogP contribution is 2.17. The summed E-state index contributed by atoms with van der Waals surface area (Å²) in [4.78, 5) is 11.0. The van der Waals surface area contributed by atoms with E-state index >= 15 is 0 Å². The molecule has 7 heteroatoms. The smallest absolute Gasteiger partial charge is 0.214 e. The summed E-state index contributed by atoms with van der Waals surface area (Å²) in [6.45, 7) is 8.44. The van der Waals surface area contributed by atoms with Gasteiger partial charge in [-0.2, -0.15) is 0 Å². The second-order valence-corrected chi connectivity index (χ2v) is 5.82. The molecule has 0 amide bonds. The zero-order valence-corrected chi connectivity index (χ0v) is 14.6. The first kappa shape index (κ1) is 17.7. The van der Waals surface area contributed by atoms with Crippen molar-refractivity contribution in [2.45, 2.75) is 26.8 Å². The van der Waals surface area contributed by atoms with Crippen molar-refractivity contribution < 1.29 is 13.9 Å². The van der Waals surface area contributed by atoms with E-state index < -0.39 is 0 Å². The van der Waals surface area contributed by atoms with Crippen LogP contribution in [0.5, 0.6) is 0 Å². The van der Waals surface area contributed by atoms with Gasteiger partial charge in [0.05, 0.1) is 32.1 Å². The van der Waals surface area contributed by atoms with Gasteiger partial charge in [0.15, 0.2) is 5.96 Å². The zero-order chi connectivity index (χ0) is 16.7. The fourth-order valence-corrected chi connectivity index (χ4v) is 2.66. The summed E-state index contributed by atoms with van der Waals surface area (Å²) < 4.78 is 16.2. The molecular formula is C16H28N4O3. The summed E-state index contributed by atoms with van der Waals surface area (Å²) in [5, 5.41) is 3.32. The maximum atomic E-state index is 5.63. The van der Waals surface area contributed by atoms with E-state index in [9.17, 15) is 0 Å². The number of oxazole rings is 1. The van der Waals surface area contributed by atoms with Crippen LogP contribution in [0.25, 0.3) is 0 Å². The van der Waals surface area contributed by atoms with Gasteiger partial charge in [0, 0.05) is 33.2 Å². The minimum absolute atomic E-state index is 0.539. The van der Waals surface area contributed by atoms with Crippen LogP contribution in [0.2, 0.25) is 0 Å². The number of nitrogens with zero attached hydrogens (tertiary/aromatic N) is 3. The Kier molecular flexibility index (Phi) is 6.85. The van der Waals surface area contributed by atoms with Crippen LogP contribution < -0.4 is 5.32 Å². The number of aromatic nitrogens is 1. The molecule has 1 saturated heterocycles. The lowest BCUT2D eigenvalue weighted by Gasteiger charge is -2.21. The molecule has 2 rings (SSSR count). The second-order valence-electron chi connectivity index (χ2n) is 5.82. The molecule has 0 saturated carbocycles. The topological polar surface area (TPSA) is 72.1 Å². The first-order chi connectivity index (χ1) is 11.1. The van der Waals surface area contributed by atoms with Crippen LogP contribution >= 0.6 is 0 Å². The van der Waals surface area contributed by atoms with Gasteiger partial charge in [-0.05, 0) is 20.3 Å². The molecule has 0 radical (unpaired) electrons. The molecule has 1 aliphatic rings. The normalized spacial score (nSPS) is 18.7. The van der Waals surface area contributed by atoms with Crippen LogP contribution in [0.15, 0.2) is 9.41 Å². The Morgan fingerprint density at radius 1 is 1.43 bits per heavy atom. The fourth-order valence-electron chi connectivity index (χ4n) is 2.66. The largest absolute Gasteiger partial charge is 0.444 e. The van der Waals surface area contributed by atoms with Crippen LogP contribution in [0.3, 0.4) is 0 Å². The third kappa shape index (κ3) is 5.21. The maximum absolute atomic E-state index is 5.63. The number of rotatable bonds is 7. The molecule has 1 aliphatic heterocycles. The third-order valence-corrected chi connectivity index (χ3v) is 4.05. The summed E-state index contributed by atoms with van der Waals surface area (Å²) in [7, 11) is 3.49. The maximum Gasteiger partial charge on any atom is 0.214 e. The Bertz CT molecular complexity index is 496. The molecule has 2 heterocycles. The number of likely N-dealkylation sites (tertiary alicyclic amines) is 1. The lowest BCUT2D eigenvalue weighted by atomic mass is 10.1. The number of aliphatic imine (C=N–C) groups is 1. The van der Waals surface area contributed by atoms with Crippen molar-refractivity contribution in [1.82, 2.24) is 15.2 Å². The molecule has 1 aromatic rings. The SMILES string of the molecule is CN=C(NCc1nc(C)c(C)o1)N1CCC(COCCOC)C1. The Hall–Kier alpha value is -1.60. The highest BCUT2D eigenvalue weighted by molar-refractivity contribution is 5.80. The van der Waals surface area contributed by atoms with E-state index in [2.05, 4.69) is 20.2 Å². The van der Waals surface area contributed by atoms with E-state index in [0.29, 0.717) is 31.6 Å². The predicted octanol–water partition coefficient (Wildman–Crippen LogP) is 1.35. The average molecular weight is 324 g/mol. The van der Waals surface area contributed by atoms with Gasteiger partial charge in [-0.25, -0.2) is 4.98 Å². The van der Waals surface area contributed by atoms with E-state index in [1.54, 1.807) is 14.2 Å². The number of methoxy groups -OCH3 is 1. The summed E-state index contributed by atoms with van der Waals surface area (Å²) in [5.74, 6) is 2.99. The van der Waals surface area contributed by atoms with Gasteiger partial charge in [0.1, 0.15) is 5.76 Å². The van der Waals surface area contributed by atoms with E-state index in [-0.39, 0.29) is 0 Å². The lowest BCUT2D eigenvalue weighted by molar-refractivity contribution is 0.0536. The molecule has 0 spiro atoms. The standard InChI is InChI=1S/C16H28N4O3/c1-12-13(2)23-15(19-12)9-18-16(17-3)20-6-5-14(10-20)11-22-8-7-21-4/h14H,5-11H2,1-4H3,(H,17,18). The summed E-state index contributed by atoms with van der Waals surface area (Å²) >= 11 is 0. The molecule has 130 valence electrons. The molecule has 23 heavy (non-hydrogen) atoms. The van der Waals surface area contributed by atoms with Crippen molar-refractivity contribution >= 4 is 5.96 Å². The zero-order valence-electron chi connectivity index (χ0n) is 14.6. The van der Waals surface area contributed by atoms with Gasteiger partial charge in [0.25, 0.3) is 0 Å². The van der Waals surface area contributed by atoms with Crippen LogP contribution in [0.4, 0.5) is 0 Å². The minimum Gasteiger partial charge on any atom is -0.444 e. The molecule has 0 aromatic carbocycles. The van der Waals surface area contributed by atoms with Crippen LogP contribution in [0, 0.1) is 19.8 Å². The molecule has 1 N–H and O–H groups in total. The van der Waals surface area contributed by atoms with Crippen molar-refractivity contribution in [3.05, 3.63) is 17.3 Å². The number of nitrogens with one attached hydrogen (secondary N) is 1. The summed E-state index contributed by atoms with van der Waals surface area (Å²) in [6.07, 6.45) is 1.12. The van der Waals surface area contributed by atoms with Gasteiger partial charge in [-0.15, -0.1) is 0 Å². The van der Waals surface area contributed by atoms with Gasteiger partial charge in [-0.3, -0.25) is 4.99 Å². The van der Waals surface area contributed by atoms with Crippen LogP contribution in [0.1, 0.15) is 23.8 Å². The van der Waals surface area contributed by atoms with Gasteiger partial charge in [0.2, 0.25) is 5.89 Å². The van der Waals surface area contributed by atoms with Gasteiger partial charge < -0.3 is 24.1 Å². The second kappa shape index (κ2) is 8.88. The Balaban J connectivity index is 1.76. The number of guanidine groups is 1. The average Bonchev–Trinajstić information content (AvgIpc) is 3.12. The highest BCUT2D eigenvalue weighted by atomic mass is 16.5. The van der Waals surface area contributed by atoms with Crippen LogP contribution in [-0.2, 0) is 16.0 Å². The van der Waals surface area contributed by atoms with Crippen LogP contribution in [-0.4, -0.2) is 62.9 Å². The molecule has 1 unspecified atom stereocenters. The number of hydrogen-bond acceptors (Lipinski definition) is 5. The van der Waals surface area contributed by atoms with E-state index in [0.717, 1.165) is 43.5 Å². The molecular weight excluding hydrogens is 296 g/mol. The molecule has 7 nitrogen and oxygen atoms in total. The van der Waals surface area contributed by atoms with E-state index in [4.69, 9.17) is 13.9 Å². The fraction of sp³-hybridized carbons (Fsp3) is 0.750. The Morgan fingerprint density at radius 2 is 2.26 bits per heavy atom. The highest BCUT2D eigenvalue weighted by Gasteiger charge is 2.25. The van der Waals surface area contributed by atoms with Crippen molar-refractivity contribution in [2.24, 2.45) is 10.9 Å². The summed E-state index contributed by atoms with van der Waals surface area (Å²) in [5.41, 5.74) is 0.936. The molecule has 1 fully saturated rings. The third-order valence-electron chi connectivity index (χ3n) is 4.05. The summed E-state index contributed by atoms with van der Waals surface area (Å²) in [6, 6.07) is 0. The lowest BCUT2D eigenvalue weighted by Crippen LogP contribution is -2.40. The molecule has 0 aliphatic carbocycles. The van der Waals surface area contributed by atoms with Gasteiger partial charge in [-0.1, -0.05) is 0 Å². The predicted molar refractivity (Wildman–Crippen MR) is 88.6 cm³/mol. The van der Waals surface area contributed by atoms with E-state index in [1.807, 2.05) is 13.8 Å². The number of hydrogen-bond donors (Lipinski definition) is 1. The molecule has 1 aromatic heterocycles. The molecule has 1 atom stereocenters. The first-order valence-corrected chi connectivity index (χ1v) is 8.09. The van der Waals surface area contributed by atoms with Crippen molar-refractivity contribution in [1.29, 1.82) is 0 Å².